The third-order valence-corrected chi connectivity index (χ3v) is 5.43. The molecule has 9 nitrogen and oxygen atoms in total. The largest absolute Gasteiger partial charge is 0.465 e. The highest BCUT2D eigenvalue weighted by Gasteiger charge is 2.57. The molecule has 1 atom stereocenters. The summed E-state index contributed by atoms with van der Waals surface area (Å²) in [6.45, 7) is 6.58. The summed E-state index contributed by atoms with van der Waals surface area (Å²) in [6.07, 6.45) is -0.552. The number of carbonyl (C=O) groups is 2. The lowest BCUT2D eigenvalue weighted by Crippen LogP contribution is -2.59. The van der Waals surface area contributed by atoms with Crippen LogP contribution in [0.1, 0.15) is 33.6 Å². The van der Waals surface area contributed by atoms with Gasteiger partial charge in [0.2, 0.25) is 5.91 Å². The molecule has 0 aromatic heterocycles. The van der Waals surface area contributed by atoms with Crippen LogP contribution in [0.2, 0.25) is 0 Å². The number of carbonyl (C=O) groups excluding carboxylic acids is 1. The number of nitro groups is 1. The van der Waals surface area contributed by atoms with Crippen LogP contribution in [0.3, 0.4) is 0 Å². The van der Waals surface area contributed by atoms with E-state index >= 15 is 0 Å². The number of hydrogen-bond donors (Lipinski definition) is 2. The fourth-order valence-corrected chi connectivity index (χ4v) is 3.95. The first-order valence-electron chi connectivity index (χ1n) is 8.89. The van der Waals surface area contributed by atoms with Crippen LogP contribution < -0.4 is 10.2 Å². The summed E-state index contributed by atoms with van der Waals surface area (Å²) in [7, 11) is 0. The standard InChI is InChI=1S/C18H24N4O5/c1-17(2,3)14-19-15(23)18(8-10-20(11-9-18)16(24)25)21(14)12-4-6-13(7-5-12)22(26)27/h4-7,14H,8-11H2,1-3H3,(H,19,23)(H,24,25). The van der Waals surface area contributed by atoms with Crippen molar-refractivity contribution < 1.29 is 19.6 Å². The molecular formula is C18H24N4O5. The Morgan fingerprint density at radius 2 is 1.81 bits per heavy atom. The molecule has 0 aliphatic carbocycles. The summed E-state index contributed by atoms with van der Waals surface area (Å²) < 4.78 is 0. The van der Waals surface area contributed by atoms with Gasteiger partial charge in [0.25, 0.3) is 5.69 Å². The Balaban J connectivity index is 2.02. The molecule has 146 valence electrons. The molecule has 27 heavy (non-hydrogen) atoms. The summed E-state index contributed by atoms with van der Waals surface area (Å²) in [6, 6.07) is 6.17. The number of nitrogens with one attached hydrogen (secondary N) is 1. The second-order valence-corrected chi connectivity index (χ2v) is 8.19. The highest BCUT2D eigenvalue weighted by atomic mass is 16.6. The number of piperidine rings is 1. The van der Waals surface area contributed by atoms with Crippen LogP contribution in [-0.2, 0) is 4.79 Å². The number of nitro benzene ring substituents is 1. The van der Waals surface area contributed by atoms with Gasteiger partial charge in [-0.1, -0.05) is 20.8 Å². The van der Waals surface area contributed by atoms with Crippen LogP contribution in [0, 0.1) is 15.5 Å². The van der Waals surface area contributed by atoms with Crippen molar-refractivity contribution in [3.63, 3.8) is 0 Å². The lowest BCUT2D eigenvalue weighted by Gasteiger charge is -2.46. The summed E-state index contributed by atoms with van der Waals surface area (Å²) in [5.74, 6) is -0.120. The maximum atomic E-state index is 13.0. The first kappa shape index (κ1) is 18.9. The lowest BCUT2D eigenvalue weighted by molar-refractivity contribution is -0.384. The molecule has 2 amide bonds. The van der Waals surface area contributed by atoms with E-state index in [1.807, 2.05) is 25.7 Å². The predicted octanol–water partition coefficient (Wildman–Crippen LogP) is 2.42. The van der Waals surface area contributed by atoms with Gasteiger partial charge in [0.15, 0.2) is 0 Å². The molecule has 1 aromatic rings. The molecule has 0 radical (unpaired) electrons. The van der Waals surface area contributed by atoms with Crippen LogP contribution in [0.4, 0.5) is 16.2 Å². The molecule has 0 bridgehead atoms. The van der Waals surface area contributed by atoms with Gasteiger partial charge in [-0.15, -0.1) is 0 Å². The van der Waals surface area contributed by atoms with Crippen LogP contribution >= 0.6 is 0 Å². The SMILES string of the molecule is CC(C)(C)C1NC(=O)C2(CCN(C(=O)O)CC2)N1c1ccc([N+](=O)[O-])cc1. The van der Waals surface area contributed by atoms with Gasteiger partial charge in [0.1, 0.15) is 11.7 Å². The quantitative estimate of drug-likeness (QED) is 0.605. The van der Waals surface area contributed by atoms with Crippen molar-refractivity contribution in [1.29, 1.82) is 0 Å². The second-order valence-electron chi connectivity index (χ2n) is 8.19. The lowest BCUT2D eigenvalue weighted by atomic mass is 9.84. The maximum Gasteiger partial charge on any atom is 0.407 e. The van der Waals surface area contributed by atoms with E-state index in [0.717, 1.165) is 0 Å². The van der Waals surface area contributed by atoms with Gasteiger partial charge in [0, 0.05) is 36.3 Å². The van der Waals surface area contributed by atoms with Gasteiger partial charge in [-0.2, -0.15) is 0 Å². The third kappa shape index (κ3) is 3.17. The molecular weight excluding hydrogens is 352 g/mol. The molecule has 2 N–H and O–H groups in total. The highest BCUT2D eigenvalue weighted by molar-refractivity contribution is 5.94. The molecule has 9 heteroatoms. The molecule has 1 unspecified atom stereocenters. The van der Waals surface area contributed by atoms with Crippen LogP contribution in [0.15, 0.2) is 24.3 Å². The minimum Gasteiger partial charge on any atom is -0.465 e. The summed E-state index contributed by atoms with van der Waals surface area (Å²) in [5, 5.41) is 23.3. The van der Waals surface area contributed by atoms with Crippen molar-refractivity contribution in [1.82, 2.24) is 10.2 Å². The third-order valence-electron chi connectivity index (χ3n) is 5.43. The Hall–Kier alpha value is -2.84. The minimum atomic E-state index is -0.988. The van der Waals surface area contributed by atoms with E-state index in [9.17, 15) is 24.8 Å². The van der Waals surface area contributed by atoms with Crippen molar-refractivity contribution in [2.75, 3.05) is 18.0 Å². The second kappa shape index (κ2) is 6.40. The zero-order valence-electron chi connectivity index (χ0n) is 15.6. The first-order chi connectivity index (χ1) is 12.6. The Kier molecular flexibility index (Phi) is 4.49. The molecule has 1 spiro atoms. The number of likely N-dealkylation sites (tertiary alicyclic amines) is 1. The molecule has 2 aliphatic rings. The molecule has 2 aliphatic heterocycles. The Labute approximate surface area is 157 Å². The Bertz CT molecular complexity index is 763. The average molecular weight is 376 g/mol. The van der Waals surface area contributed by atoms with Crippen LogP contribution in [0.5, 0.6) is 0 Å². The summed E-state index contributed by atoms with van der Waals surface area (Å²) in [4.78, 5) is 38.1. The van der Waals surface area contributed by atoms with Crippen molar-refractivity contribution >= 4 is 23.4 Å². The summed E-state index contributed by atoms with van der Waals surface area (Å²) >= 11 is 0. The normalized spacial score (nSPS) is 22.0. The predicted molar refractivity (Wildman–Crippen MR) is 98.5 cm³/mol. The van der Waals surface area contributed by atoms with E-state index in [1.165, 1.54) is 17.0 Å². The van der Waals surface area contributed by atoms with Gasteiger partial charge in [-0.3, -0.25) is 14.9 Å². The van der Waals surface area contributed by atoms with E-state index in [0.29, 0.717) is 18.5 Å². The van der Waals surface area contributed by atoms with Crippen molar-refractivity contribution in [3.8, 4) is 0 Å². The fraction of sp³-hybridized carbons (Fsp3) is 0.556. The topological polar surface area (TPSA) is 116 Å². The van der Waals surface area contributed by atoms with Crippen molar-refractivity contribution in [3.05, 3.63) is 34.4 Å². The van der Waals surface area contributed by atoms with E-state index in [-0.39, 0.29) is 36.3 Å². The van der Waals surface area contributed by atoms with E-state index in [4.69, 9.17) is 0 Å². The summed E-state index contributed by atoms with van der Waals surface area (Å²) in [5.41, 5.74) is -0.452. The van der Waals surface area contributed by atoms with Crippen LogP contribution in [-0.4, -0.2) is 51.7 Å². The van der Waals surface area contributed by atoms with Crippen LogP contribution in [0.25, 0.3) is 0 Å². The van der Waals surface area contributed by atoms with Gasteiger partial charge in [0.05, 0.1) is 4.92 Å². The molecule has 2 saturated heterocycles. The maximum absolute atomic E-state index is 13.0. The van der Waals surface area contributed by atoms with E-state index in [2.05, 4.69) is 5.32 Å². The zero-order valence-corrected chi connectivity index (χ0v) is 15.6. The van der Waals surface area contributed by atoms with Gasteiger partial charge in [-0.25, -0.2) is 4.79 Å². The number of anilines is 1. The fourth-order valence-electron chi connectivity index (χ4n) is 3.95. The molecule has 2 fully saturated rings. The molecule has 1 aromatic carbocycles. The van der Waals surface area contributed by atoms with E-state index < -0.39 is 16.6 Å². The number of non-ortho nitro benzene ring substituents is 1. The Morgan fingerprint density at radius 3 is 2.26 bits per heavy atom. The minimum absolute atomic E-state index is 0.0145. The zero-order chi connectivity index (χ0) is 20.0. The van der Waals surface area contributed by atoms with Crippen molar-refractivity contribution in [2.45, 2.75) is 45.3 Å². The molecule has 0 saturated carbocycles. The van der Waals surface area contributed by atoms with Gasteiger partial charge >= 0.3 is 6.09 Å². The number of carboxylic acid groups (broad SMARTS) is 1. The molecule has 3 rings (SSSR count). The number of rotatable bonds is 2. The van der Waals surface area contributed by atoms with Gasteiger partial charge in [-0.05, 0) is 25.0 Å². The monoisotopic (exact) mass is 376 g/mol. The van der Waals surface area contributed by atoms with Gasteiger partial charge < -0.3 is 20.2 Å². The first-order valence-corrected chi connectivity index (χ1v) is 8.89. The number of benzene rings is 1. The van der Waals surface area contributed by atoms with E-state index in [1.54, 1.807) is 12.1 Å². The molecule has 2 heterocycles. The number of nitrogens with zero attached hydrogens (tertiary/aromatic N) is 3. The Morgan fingerprint density at radius 1 is 1.26 bits per heavy atom. The number of amides is 2. The smallest absolute Gasteiger partial charge is 0.407 e. The van der Waals surface area contributed by atoms with Crippen molar-refractivity contribution in [2.24, 2.45) is 5.41 Å². The average Bonchev–Trinajstić information content (AvgIpc) is 2.88. The number of hydrogen-bond acceptors (Lipinski definition) is 5. The highest BCUT2D eigenvalue weighted by Crippen LogP contribution is 2.43.